The molecule has 1 saturated heterocycles. The van der Waals surface area contributed by atoms with Gasteiger partial charge in [-0.05, 0) is 55.4 Å². The first kappa shape index (κ1) is 23.8. The molecule has 2 aromatic heterocycles. The average Bonchev–Trinajstić information content (AvgIpc) is 3.28. The molecule has 4 aromatic rings. The van der Waals surface area contributed by atoms with E-state index >= 15 is 0 Å². The molecule has 1 aliphatic rings. The van der Waals surface area contributed by atoms with Crippen LogP contribution in [-0.4, -0.2) is 52.4 Å². The van der Waals surface area contributed by atoms with E-state index in [-0.39, 0.29) is 5.95 Å². The minimum atomic E-state index is -0.553. The predicted molar refractivity (Wildman–Crippen MR) is 145 cm³/mol. The second kappa shape index (κ2) is 9.64. The third-order valence-electron chi connectivity index (χ3n) is 6.52. The van der Waals surface area contributed by atoms with E-state index in [2.05, 4.69) is 38.3 Å². The summed E-state index contributed by atoms with van der Waals surface area (Å²) in [5, 5.41) is 4.10. The van der Waals surface area contributed by atoms with Crippen LogP contribution in [0.2, 0.25) is 5.02 Å². The van der Waals surface area contributed by atoms with Crippen LogP contribution >= 0.6 is 11.6 Å². The summed E-state index contributed by atoms with van der Waals surface area (Å²) >= 11 is 6.25. The number of nitrogen functional groups attached to an aromatic ring is 1. The lowest BCUT2D eigenvalue weighted by Crippen LogP contribution is -2.46. The predicted octanol–water partition coefficient (Wildman–Crippen LogP) is 4.42. The fourth-order valence-corrected chi connectivity index (χ4v) is 4.85. The first-order valence-corrected chi connectivity index (χ1v) is 12.1. The van der Waals surface area contributed by atoms with Crippen LogP contribution in [0.1, 0.15) is 15.9 Å². The van der Waals surface area contributed by atoms with E-state index in [1.165, 1.54) is 0 Å². The molecule has 0 saturated carbocycles. The minimum Gasteiger partial charge on any atom is -0.385 e. The number of benzene rings is 2. The Balaban J connectivity index is 1.55. The van der Waals surface area contributed by atoms with Crippen LogP contribution in [0.25, 0.3) is 33.8 Å². The van der Waals surface area contributed by atoms with Gasteiger partial charge in [0.05, 0.1) is 22.6 Å². The first-order valence-electron chi connectivity index (χ1n) is 11.7. The van der Waals surface area contributed by atoms with Crippen LogP contribution in [0, 0.1) is 12.8 Å². The monoisotopic (exact) mass is 501 g/mol. The molecule has 0 aliphatic carbocycles. The van der Waals surface area contributed by atoms with Crippen LogP contribution in [0.15, 0.2) is 54.7 Å². The summed E-state index contributed by atoms with van der Waals surface area (Å²) in [6.07, 6.45) is 1.70. The van der Waals surface area contributed by atoms with Gasteiger partial charge < -0.3 is 26.7 Å². The summed E-state index contributed by atoms with van der Waals surface area (Å²) in [6, 6.07) is 15.3. The van der Waals surface area contributed by atoms with Crippen molar-refractivity contribution in [2.75, 3.05) is 37.7 Å². The highest BCUT2D eigenvalue weighted by molar-refractivity contribution is 6.31. The van der Waals surface area contributed by atoms with Gasteiger partial charge in [-0.3, -0.25) is 4.79 Å². The maximum Gasteiger partial charge on any atom is 0.250 e. The van der Waals surface area contributed by atoms with Crippen molar-refractivity contribution in [1.82, 2.24) is 19.9 Å². The van der Waals surface area contributed by atoms with E-state index in [9.17, 15) is 4.79 Å². The summed E-state index contributed by atoms with van der Waals surface area (Å²) in [5.74, 6) is 0.227. The first-order chi connectivity index (χ1) is 17.3. The molecule has 1 aliphatic heterocycles. The lowest BCUT2D eigenvalue weighted by atomic mass is 10.0. The van der Waals surface area contributed by atoms with Gasteiger partial charge in [0.1, 0.15) is 0 Å². The van der Waals surface area contributed by atoms with Crippen molar-refractivity contribution in [1.29, 1.82) is 0 Å². The number of nitrogens with two attached hydrogens (primary N) is 2. The van der Waals surface area contributed by atoms with E-state index in [1.54, 1.807) is 12.3 Å². The number of carbonyl (C=O) groups excluding carboxylic acids is 1. The molecule has 5 rings (SSSR count). The number of hydrogen-bond donors (Lipinski definition) is 4. The van der Waals surface area contributed by atoms with Gasteiger partial charge in [0.15, 0.2) is 0 Å². The second-order valence-corrected chi connectivity index (χ2v) is 9.77. The largest absolute Gasteiger partial charge is 0.385 e. The standard InChI is InChI=1S/C27H28ClN7O/c1-15-6-7-18(28)9-20(15)24-21(26(29)36)10-23(33-24)25-22(12-32-27(30)34-25)17-4-3-5-19(8-17)31-11-16-13-35(2)14-16/h3-10,12,16,31,33H,11,13-14H2,1-2H3,(H2,29,36)(H2,30,32,34). The second-order valence-electron chi connectivity index (χ2n) is 9.33. The van der Waals surface area contributed by atoms with Gasteiger partial charge in [-0.1, -0.05) is 29.8 Å². The highest BCUT2D eigenvalue weighted by atomic mass is 35.5. The molecule has 36 heavy (non-hydrogen) atoms. The molecular weight excluding hydrogens is 474 g/mol. The van der Waals surface area contributed by atoms with Crippen molar-refractivity contribution in [3.63, 3.8) is 0 Å². The number of likely N-dealkylation sites (tertiary alicyclic amines) is 1. The maximum absolute atomic E-state index is 12.4. The van der Waals surface area contributed by atoms with E-state index < -0.39 is 5.91 Å². The number of nitrogens with zero attached hydrogens (tertiary/aromatic N) is 3. The Kier molecular flexibility index (Phi) is 6.38. The van der Waals surface area contributed by atoms with Crippen molar-refractivity contribution in [2.24, 2.45) is 11.7 Å². The number of hydrogen-bond acceptors (Lipinski definition) is 6. The summed E-state index contributed by atoms with van der Waals surface area (Å²) in [4.78, 5) is 26.8. The van der Waals surface area contributed by atoms with Gasteiger partial charge in [-0.2, -0.15) is 0 Å². The number of aromatic amines is 1. The number of primary amides is 1. The van der Waals surface area contributed by atoms with Crippen LogP contribution in [0.5, 0.6) is 0 Å². The zero-order valence-electron chi connectivity index (χ0n) is 20.2. The number of aromatic nitrogens is 3. The molecule has 6 N–H and O–H groups in total. The molecule has 2 aromatic carbocycles. The third kappa shape index (κ3) is 4.78. The Bertz CT molecular complexity index is 1440. The molecule has 1 fully saturated rings. The van der Waals surface area contributed by atoms with Crippen molar-refractivity contribution in [3.8, 4) is 33.8 Å². The van der Waals surface area contributed by atoms with Crippen molar-refractivity contribution in [2.45, 2.75) is 6.92 Å². The Morgan fingerprint density at radius 2 is 2.00 bits per heavy atom. The number of carbonyl (C=O) groups is 1. The van der Waals surface area contributed by atoms with Gasteiger partial charge in [-0.25, -0.2) is 9.97 Å². The van der Waals surface area contributed by atoms with E-state index in [1.807, 2.05) is 43.3 Å². The molecule has 8 nitrogen and oxygen atoms in total. The smallest absolute Gasteiger partial charge is 0.250 e. The molecule has 0 atom stereocenters. The quantitative estimate of drug-likeness (QED) is 0.297. The fourth-order valence-electron chi connectivity index (χ4n) is 4.68. The number of amides is 1. The average molecular weight is 502 g/mol. The van der Waals surface area contributed by atoms with Crippen molar-refractivity contribution < 1.29 is 4.79 Å². The maximum atomic E-state index is 12.4. The van der Waals surface area contributed by atoms with Crippen LogP contribution < -0.4 is 16.8 Å². The van der Waals surface area contributed by atoms with Gasteiger partial charge in [-0.15, -0.1) is 0 Å². The Morgan fingerprint density at radius 3 is 2.75 bits per heavy atom. The van der Waals surface area contributed by atoms with Gasteiger partial charge in [0.2, 0.25) is 5.95 Å². The topological polar surface area (TPSA) is 126 Å². The molecule has 0 bridgehead atoms. The zero-order chi connectivity index (χ0) is 25.4. The van der Waals surface area contributed by atoms with E-state index in [4.69, 9.17) is 23.1 Å². The molecule has 9 heteroatoms. The minimum absolute atomic E-state index is 0.132. The number of rotatable bonds is 7. The number of anilines is 2. The SMILES string of the molecule is Cc1ccc(Cl)cc1-c1[nH]c(-c2nc(N)ncc2-c2cccc(NCC3CN(C)C3)c2)cc1C(N)=O. The molecule has 0 radical (unpaired) electrons. The third-order valence-corrected chi connectivity index (χ3v) is 6.76. The summed E-state index contributed by atoms with van der Waals surface area (Å²) in [7, 11) is 2.13. The van der Waals surface area contributed by atoms with Gasteiger partial charge in [0, 0.05) is 53.6 Å². The molecule has 1 amide bonds. The number of halogens is 1. The highest BCUT2D eigenvalue weighted by Gasteiger charge is 2.23. The molecule has 0 unspecified atom stereocenters. The number of H-pyrrole nitrogens is 1. The zero-order valence-corrected chi connectivity index (χ0v) is 20.9. The number of aryl methyl sites for hydroxylation is 1. The summed E-state index contributed by atoms with van der Waals surface area (Å²) < 4.78 is 0. The normalized spacial score (nSPS) is 14.0. The Morgan fingerprint density at radius 1 is 1.19 bits per heavy atom. The Hall–Kier alpha value is -3.88. The fraction of sp³-hybridized carbons (Fsp3) is 0.222. The lowest BCUT2D eigenvalue weighted by molar-refractivity contribution is 0.100. The van der Waals surface area contributed by atoms with Gasteiger partial charge in [0.25, 0.3) is 5.91 Å². The number of nitrogens with one attached hydrogen (secondary N) is 2. The summed E-state index contributed by atoms with van der Waals surface area (Å²) in [6.45, 7) is 5.07. The van der Waals surface area contributed by atoms with Crippen molar-refractivity contribution >= 4 is 29.1 Å². The highest BCUT2D eigenvalue weighted by Crippen LogP contribution is 2.36. The van der Waals surface area contributed by atoms with Crippen LogP contribution in [-0.2, 0) is 0 Å². The molecule has 184 valence electrons. The van der Waals surface area contributed by atoms with Crippen LogP contribution in [0.3, 0.4) is 0 Å². The van der Waals surface area contributed by atoms with E-state index in [0.29, 0.717) is 33.6 Å². The Labute approximate surface area is 214 Å². The van der Waals surface area contributed by atoms with E-state index in [0.717, 1.165) is 47.6 Å². The van der Waals surface area contributed by atoms with Crippen molar-refractivity contribution in [3.05, 3.63) is 70.9 Å². The molecule has 0 spiro atoms. The molecular formula is C27H28ClN7O. The summed E-state index contributed by atoms with van der Waals surface area (Å²) in [5.41, 5.74) is 18.3. The lowest BCUT2D eigenvalue weighted by Gasteiger charge is -2.36. The van der Waals surface area contributed by atoms with Crippen LogP contribution in [0.4, 0.5) is 11.6 Å². The van der Waals surface area contributed by atoms with Gasteiger partial charge >= 0.3 is 0 Å². The molecule has 3 heterocycles.